The van der Waals surface area contributed by atoms with Crippen molar-refractivity contribution in [2.45, 2.75) is 25.8 Å². The first-order valence-electron chi connectivity index (χ1n) is 7.08. The summed E-state index contributed by atoms with van der Waals surface area (Å²) in [5, 5.41) is 13.6. The second-order valence-electron chi connectivity index (χ2n) is 5.02. The van der Waals surface area contributed by atoms with Crippen molar-refractivity contribution in [2.24, 2.45) is 0 Å². The molecule has 21 heavy (non-hydrogen) atoms. The van der Waals surface area contributed by atoms with Crippen molar-refractivity contribution in [1.82, 2.24) is 10.2 Å². The largest absolute Gasteiger partial charge is 0.507 e. The average molecular weight is 337 g/mol. The first kappa shape index (κ1) is 20.3. The number of halogens is 2. The third-order valence-electron chi connectivity index (χ3n) is 3.75. The maximum absolute atomic E-state index is 10.2. The molecule has 0 spiro atoms. The van der Waals surface area contributed by atoms with Crippen LogP contribution in [-0.2, 0) is 0 Å². The van der Waals surface area contributed by atoms with Crippen molar-refractivity contribution in [1.29, 1.82) is 0 Å². The molecule has 0 aromatic heterocycles. The molecule has 0 aliphatic carbocycles. The molecule has 2 N–H and O–H groups in total. The Morgan fingerprint density at radius 2 is 1.95 bits per heavy atom. The van der Waals surface area contributed by atoms with Crippen LogP contribution >= 0.6 is 24.8 Å². The van der Waals surface area contributed by atoms with Gasteiger partial charge in [0.05, 0.1) is 7.11 Å². The van der Waals surface area contributed by atoms with Gasteiger partial charge < -0.3 is 15.2 Å². The number of hydrogen-bond acceptors (Lipinski definition) is 4. The lowest BCUT2D eigenvalue weighted by Gasteiger charge is -2.35. The molecule has 0 radical (unpaired) electrons. The highest BCUT2D eigenvalue weighted by Crippen LogP contribution is 2.34. The molecule has 1 aromatic carbocycles. The van der Waals surface area contributed by atoms with E-state index in [9.17, 15) is 5.11 Å². The van der Waals surface area contributed by atoms with Gasteiger partial charge in [0.15, 0.2) is 0 Å². The van der Waals surface area contributed by atoms with Crippen molar-refractivity contribution in [2.75, 3.05) is 33.3 Å². The lowest BCUT2D eigenvalue weighted by molar-refractivity contribution is 0.162. The molecule has 1 atom stereocenters. The number of phenolic OH excluding ortho intramolecular Hbond substituents is 1. The Bertz CT molecular complexity index is 413. The van der Waals surface area contributed by atoms with Gasteiger partial charge in [-0.15, -0.1) is 24.8 Å². The van der Waals surface area contributed by atoms with E-state index < -0.39 is 0 Å². The van der Waals surface area contributed by atoms with Gasteiger partial charge in [-0.05, 0) is 12.5 Å². The van der Waals surface area contributed by atoms with Crippen molar-refractivity contribution < 1.29 is 9.84 Å². The number of benzene rings is 1. The van der Waals surface area contributed by atoms with Crippen molar-refractivity contribution >= 4 is 24.8 Å². The Kier molecular flexibility index (Phi) is 9.79. The number of hydrogen-bond donors (Lipinski definition) is 2. The Morgan fingerprint density at radius 3 is 2.48 bits per heavy atom. The quantitative estimate of drug-likeness (QED) is 0.867. The summed E-state index contributed by atoms with van der Waals surface area (Å²) in [6, 6.07) is 5.94. The minimum absolute atomic E-state index is 0. The lowest BCUT2D eigenvalue weighted by Crippen LogP contribution is -2.45. The van der Waals surface area contributed by atoms with Crippen LogP contribution in [0, 0.1) is 0 Å². The summed E-state index contributed by atoms with van der Waals surface area (Å²) >= 11 is 0. The van der Waals surface area contributed by atoms with Gasteiger partial charge in [-0.2, -0.15) is 0 Å². The molecule has 1 aliphatic heterocycles. The van der Waals surface area contributed by atoms with E-state index in [1.807, 2.05) is 12.1 Å². The summed E-state index contributed by atoms with van der Waals surface area (Å²) in [5.74, 6) is 1.05. The van der Waals surface area contributed by atoms with Gasteiger partial charge in [-0.3, -0.25) is 4.90 Å². The van der Waals surface area contributed by atoms with Crippen LogP contribution < -0.4 is 10.1 Å². The summed E-state index contributed by atoms with van der Waals surface area (Å²) in [4.78, 5) is 2.46. The van der Waals surface area contributed by atoms with Gasteiger partial charge in [0.2, 0.25) is 0 Å². The van der Waals surface area contributed by atoms with Gasteiger partial charge in [0, 0.05) is 43.9 Å². The number of nitrogens with one attached hydrogen (secondary N) is 1. The molecule has 122 valence electrons. The molecule has 1 aromatic rings. The summed E-state index contributed by atoms with van der Waals surface area (Å²) in [6.07, 6.45) is 2.18. The Hall–Kier alpha value is -0.680. The van der Waals surface area contributed by atoms with Gasteiger partial charge in [-0.25, -0.2) is 0 Å². The standard InChI is InChI=1S/C15H24N2O2.2ClH/c1-3-4-14(17-9-7-16-8-10-17)13-6-5-12(19-2)11-15(13)18;;/h5-6,11,14,16,18H,3-4,7-10H2,1-2H3;2*1H/t14-;;/m1../s1. The molecular formula is C15H26Cl2N2O2. The summed E-state index contributed by atoms with van der Waals surface area (Å²) in [5.41, 5.74) is 1.02. The van der Waals surface area contributed by atoms with Crippen molar-refractivity contribution in [3.8, 4) is 11.5 Å². The number of piperazine rings is 1. The first-order valence-corrected chi connectivity index (χ1v) is 7.08. The van der Waals surface area contributed by atoms with E-state index in [2.05, 4.69) is 17.1 Å². The average Bonchev–Trinajstić information content (AvgIpc) is 2.46. The van der Waals surface area contributed by atoms with Crippen molar-refractivity contribution in [3.63, 3.8) is 0 Å². The number of methoxy groups -OCH3 is 1. The van der Waals surface area contributed by atoms with E-state index in [0.29, 0.717) is 17.5 Å². The van der Waals surface area contributed by atoms with Gasteiger partial charge >= 0.3 is 0 Å². The normalized spacial score (nSPS) is 16.5. The summed E-state index contributed by atoms with van der Waals surface area (Å²) in [7, 11) is 1.62. The molecule has 0 saturated carbocycles. The van der Waals surface area contributed by atoms with Gasteiger partial charge in [0.1, 0.15) is 11.5 Å². The maximum Gasteiger partial charge on any atom is 0.124 e. The number of rotatable bonds is 5. The van der Waals surface area contributed by atoms with E-state index in [1.54, 1.807) is 13.2 Å². The van der Waals surface area contributed by atoms with E-state index >= 15 is 0 Å². The van der Waals surface area contributed by atoms with E-state index in [1.165, 1.54) is 0 Å². The Labute approximate surface area is 139 Å². The molecule has 1 saturated heterocycles. The third-order valence-corrected chi connectivity index (χ3v) is 3.75. The molecule has 4 nitrogen and oxygen atoms in total. The maximum atomic E-state index is 10.2. The zero-order chi connectivity index (χ0) is 13.7. The molecule has 6 heteroatoms. The zero-order valence-electron chi connectivity index (χ0n) is 12.7. The molecule has 0 amide bonds. The van der Waals surface area contributed by atoms with Crippen LogP contribution in [0.4, 0.5) is 0 Å². The second kappa shape index (κ2) is 10.1. The SMILES string of the molecule is CCC[C@H](c1ccc(OC)cc1O)N1CCNCC1.Cl.Cl. The molecule has 0 bridgehead atoms. The number of phenols is 1. The summed E-state index contributed by atoms with van der Waals surface area (Å²) in [6.45, 7) is 6.32. The molecular weight excluding hydrogens is 311 g/mol. The monoisotopic (exact) mass is 336 g/mol. The van der Waals surface area contributed by atoms with Gasteiger partial charge in [0.25, 0.3) is 0 Å². The minimum atomic E-state index is 0. The summed E-state index contributed by atoms with van der Waals surface area (Å²) < 4.78 is 5.15. The fraction of sp³-hybridized carbons (Fsp3) is 0.600. The molecule has 0 unspecified atom stereocenters. The highest BCUT2D eigenvalue weighted by atomic mass is 35.5. The molecule has 1 heterocycles. The highest BCUT2D eigenvalue weighted by Gasteiger charge is 2.23. The van der Waals surface area contributed by atoms with E-state index in [4.69, 9.17) is 4.74 Å². The Morgan fingerprint density at radius 1 is 1.29 bits per heavy atom. The zero-order valence-corrected chi connectivity index (χ0v) is 14.3. The van der Waals surface area contributed by atoms with Gasteiger partial charge in [-0.1, -0.05) is 19.4 Å². The number of nitrogens with zero attached hydrogens (tertiary/aromatic N) is 1. The first-order chi connectivity index (χ1) is 9.26. The molecule has 1 aliphatic rings. The van der Waals surface area contributed by atoms with E-state index in [-0.39, 0.29) is 24.8 Å². The topological polar surface area (TPSA) is 44.7 Å². The second-order valence-corrected chi connectivity index (χ2v) is 5.02. The predicted octanol–water partition coefficient (Wildman–Crippen LogP) is 2.99. The van der Waals surface area contributed by atoms with Crippen LogP contribution in [0.3, 0.4) is 0 Å². The van der Waals surface area contributed by atoms with Crippen LogP contribution in [0.15, 0.2) is 18.2 Å². The molecule has 1 fully saturated rings. The predicted molar refractivity (Wildman–Crippen MR) is 91.2 cm³/mol. The minimum Gasteiger partial charge on any atom is -0.507 e. The fourth-order valence-corrected chi connectivity index (χ4v) is 2.73. The fourth-order valence-electron chi connectivity index (χ4n) is 2.73. The highest BCUT2D eigenvalue weighted by molar-refractivity contribution is 5.85. The van der Waals surface area contributed by atoms with Crippen LogP contribution in [0.5, 0.6) is 11.5 Å². The smallest absolute Gasteiger partial charge is 0.124 e. The number of aromatic hydroxyl groups is 1. The van der Waals surface area contributed by atoms with Crippen molar-refractivity contribution in [3.05, 3.63) is 23.8 Å². The van der Waals surface area contributed by atoms with Crippen LogP contribution in [0.25, 0.3) is 0 Å². The van der Waals surface area contributed by atoms with Crippen LogP contribution in [-0.4, -0.2) is 43.3 Å². The van der Waals surface area contributed by atoms with Crippen LogP contribution in [0.2, 0.25) is 0 Å². The molecule has 2 rings (SSSR count). The van der Waals surface area contributed by atoms with Crippen LogP contribution in [0.1, 0.15) is 31.4 Å². The number of ether oxygens (including phenoxy) is 1. The van der Waals surface area contributed by atoms with E-state index in [0.717, 1.165) is 44.6 Å². The third kappa shape index (κ3) is 5.22. The Balaban J connectivity index is 0.00000200. The lowest BCUT2D eigenvalue weighted by atomic mass is 9.98.